The predicted molar refractivity (Wildman–Crippen MR) is 60.0 cm³/mol. The van der Waals surface area contributed by atoms with E-state index < -0.39 is 0 Å². The quantitative estimate of drug-likeness (QED) is 0.693. The molecule has 0 saturated carbocycles. The fourth-order valence-electron chi connectivity index (χ4n) is 3.18. The number of nitrogens with one attached hydrogen (secondary N) is 1. The molecule has 3 heterocycles. The Balaban J connectivity index is 1.53. The number of likely N-dealkylation sites (tertiary alicyclic amines) is 1. The maximum Gasteiger partial charge on any atom is 0.228 e. The number of hydrogen-bond acceptors (Lipinski definition) is 3. The van der Waals surface area contributed by atoms with E-state index in [0.29, 0.717) is 17.9 Å². The summed E-state index contributed by atoms with van der Waals surface area (Å²) >= 11 is 0. The van der Waals surface area contributed by atoms with Crippen molar-refractivity contribution < 1.29 is 9.53 Å². The second kappa shape index (κ2) is 4.00. The summed E-state index contributed by atoms with van der Waals surface area (Å²) in [6, 6.07) is 0. The lowest BCUT2D eigenvalue weighted by Gasteiger charge is -2.53. The van der Waals surface area contributed by atoms with Gasteiger partial charge in [-0.05, 0) is 32.4 Å². The van der Waals surface area contributed by atoms with E-state index >= 15 is 0 Å². The number of amides is 1. The molecular weight excluding hydrogens is 204 g/mol. The van der Waals surface area contributed by atoms with Crippen LogP contribution in [0.3, 0.4) is 0 Å². The highest BCUT2D eigenvalue weighted by Gasteiger charge is 2.46. The Labute approximate surface area is 96.3 Å². The van der Waals surface area contributed by atoms with Crippen molar-refractivity contribution in [3.8, 4) is 0 Å². The molecule has 3 fully saturated rings. The van der Waals surface area contributed by atoms with Crippen LogP contribution in [0.25, 0.3) is 0 Å². The Kier molecular flexibility index (Phi) is 2.64. The highest BCUT2D eigenvalue weighted by atomic mass is 16.5. The molecule has 0 aromatic heterocycles. The zero-order valence-electron chi connectivity index (χ0n) is 9.71. The molecule has 1 N–H and O–H groups in total. The van der Waals surface area contributed by atoms with Gasteiger partial charge in [0, 0.05) is 25.1 Å². The third kappa shape index (κ3) is 1.74. The number of piperidine rings is 1. The summed E-state index contributed by atoms with van der Waals surface area (Å²) in [5, 5.41) is 3.38. The van der Waals surface area contributed by atoms with Crippen molar-refractivity contribution in [3.05, 3.63) is 0 Å². The molecule has 3 aliphatic rings. The van der Waals surface area contributed by atoms with Crippen LogP contribution in [0.4, 0.5) is 0 Å². The summed E-state index contributed by atoms with van der Waals surface area (Å²) in [5.41, 5.74) is 0.459. The van der Waals surface area contributed by atoms with E-state index in [9.17, 15) is 4.79 Å². The fraction of sp³-hybridized carbons (Fsp3) is 0.917. The number of carbonyl (C=O) groups excluding carboxylic acids is 1. The minimum atomic E-state index is 0.152. The highest BCUT2D eigenvalue weighted by Crippen LogP contribution is 2.39. The summed E-state index contributed by atoms with van der Waals surface area (Å²) in [6.07, 6.45) is 3.39. The average Bonchev–Trinajstić information content (AvgIpc) is 2.79. The maximum absolute atomic E-state index is 12.1. The van der Waals surface area contributed by atoms with Gasteiger partial charge < -0.3 is 15.0 Å². The Bertz CT molecular complexity index is 273. The molecule has 1 amide bonds. The molecule has 3 rings (SSSR count). The third-order valence-corrected chi connectivity index (χ3v) is 4.31. The molecule has 90 valence electrons. The first-order valence-corrected chi connectivity index (χ1v) is 6.36. The van der Waals surface area contributed by atoms with Gasteiger partial charge >= 0.3 is 0 Å². The highest BCUT2D eigenvalue weighted by molar-refractivity contribution is 5.80. The van der Waals surface area contributed by atoms with Gasteiger partial charge in [-0.3, -0.25) is 4.79 Å². The fourth-order valence-corrected chi connectivity index (χ4v) is 3.18. The van der Waals surface area contributed by atoms with Crippen LogP contribution >= 0.6 is 0 Å². The smallest absolute Gasteiger partial charge is 0.228 e. The lowest BCUT2D eigenvalue weighted by atomic mass is 9.72. The molecule has 3 saturated heterocycles. The van der Waals surface area contributed by atoms with E-state index in [2.05, 4.69) is 5.32 Å². The van der Waals surface area contributed by atoms with Crippen LogP contribution in [-0.2, 0) is 9.53 Å². The van der Waals surface area contributed by atoms with Gasteiger partial charge in [0.1, 0.15) is 0 Å². The molecule has 1 atom stereocenters. The van der Waals surface area contributed by atoms with Crippen LogP contribution in [0.1, 0.15) is 19.3 Å². The minimum absolute atomic E-state index is 0.152. The molecule has 0 radical (unpaired) electrons. The Morgan fingerprint density at radius 1 is 1.31 bits per heavy atom. The number of rotatable bonds is 1. The standard InChI is InChI=1S/C12H20N2O2/c15-11(10-1-6-16-7-10)14-8-12(9-14)2-4-13-5-3-12/h10,13H,1-9H2. The maximum atomic E-state index is 12.1. The minimum Gasteiger partial charge on any atom is -0.381 e. The largest absolute Gasteiger partial charge is 0.381 e. The molecule has 4 heteroatoms. The van der Waals surface area contributed by atoms with Gasteiger partial charge in [-0.1, -0.05) is 0 Å². The zero-order chi connectivity index (χ0) is 11.0. The number of carbonyl (C=O) groups is 1. The van der Waals surface area contributed by atoms with Gasteiger partial charge in [0.15, 0.2) is 0 Å². The first-order valence-electron chi connectivity index (χ1n) is 6.36. The lowest BCUT2D eigenvalue weighted by molar-refractivity contribution is -0.149. The van der Waals surface area contributed by atoms with E-state index in [1.165, 1.54) is 12.8 Å². The van der Waals surface area contributed by atoms with Crippen LogP contribution < -0.4 is 5.32 Å². The molecule has 16 heavy (non-hydrogen) atoms. The van der Waals surface area contributed by atoms with Crippen molar-refractivity contribution >= 4 is 5.91 Å². The van der Waals surface area contributed by atoms with Crippen LogP contribution in [0, 0.1) is 11.3 Å². The van der Waals surface area contributed by atoms with Gasteiger partial charge in [0.25, 0.3) is 0 Å². The molecule has 3 aliphatic heterocycles. The summed E-state index contributed by atoms with van der Waals surface area (Å²) in [6.45, 7) is 5.63. The summed E-state index contributed by atoms with van der Waals surface area (Å²) < 4.78 is 5.28. The van der Waals surface area contributed by atoms with Gasteiger partial charge in [0.2, 0.25) is 5.91 Å². The van der Waals surface area contributed by atoms with Crippen molar-refractivity contribution in [1.29, 1.82) is 0 Å². The Hall–Kier alpha value is -0.610. The van der Waals surface area contributed by atoms with Crippen molar-refractivity contribution in [3.63, 3.8) is 0 Å². The molecule has 0 aliphatic carbocycles. The first kappa shape index (κ1) is 10.5. The molecular formula is C12H20N2O2. The lowest BCUT2D eigenvalue weighted by Crippen LogP contribution is -2.62. The molecule has 4 nitrogen and oxygen atoms in total. The normalized spacial score (nSPS) is 32.8. The van der Waals surface area contributed by atoms with Crippen LogP contribution in [-0.4, -0.2) is 50.2 Å². The number of hydrogen-bond donors (Lipinski definition) is 1. The van der Waals surface area contributed by atoms with Crippen molar-refractivity contribution in [2.45, 2.75) is 19.3 Å². The monoisotopic (exact) mass is 224 g/mol. The molecule has 0 aromatic rings. The van der Waals surface area contributed by atoms with Crippen LogP contribution in [0.2, 0.25) is 0 Å². The van der Waals surface area contributed by atoms with Crippen molar-refractivity contribution in [2.24, 2.45) is 11.3 Å². The first-order chi connectivity index (χ1) is 7.79. The topological polar surface area (TPSA) is 41.6 Å². The molecule has 1 spiro atoms. The SMILES string of the molecule is O=C(C1CCOC1)N1CC2(CCNCC2)C1. The van der Waals surface area contributed by atoms with E-state index in [-0.39, 0.29) is 5.92 Å². The van der Waals surface area contributed by atoms with Gasteiger partial charge in [-0.2, -0.15) is 0 Å². The number of ether oxygens (including phenoxy) is 1. The average molecular weight is 224 g/mol. The Morgan fingerprint density at radius 3 is 2.69 bits per heavy atom. The van der Waals surface area contributed by atoms with Crippen LogP contribution in [0.15, 0.2) is 0 Å². The van der Waals surface area contributed by atoms with E-state index in [0.717, 1.165) is 39.2 Å². The van der Waals surface area contributed by atoms with Crippen LogP contribution in [0.5, 0.6) is 0 Å². The van der Waals surface area contributed by atoms with Gasteiger partial charge in [0.05, 0.1) is 12.5 Å². The Morgan fingerprint density at radius 2 is 2.06 bits per heavy atom. The second-order valence-electron chi connectivity index (χ2n) is 5.50. The second-order valence-corrected chi connectivity index (χ2v) is 5.50. The number of nitrogens with zero attached hydrogens (tertiary/aromatic N) is 1. The van der Waals surface area contributed by atoms with E-state index in [1.54, 1.807) is 0 Å². The molecule has 0 aromatic carbocycles. The van der Waals surface area contributed by atoms with Crippen molar-refractivity contribution in [2.75, 3.05) is 39.4 Å². The van der Waals surface area contributed by atoms with E-state index in [1.807, 2.05) is 4.90 Å². The van der Waals surface area contributed by atoms with Gasteiger partial charge in [-0.25, -0.2) is 0 Å². The third-order valence-electron chi connectivity index (χ3n) is 4.31. The summed E-state index contributed by atoms with van der Waals surface area (Å²) in [5.74, 6) is 0.487. The van der Waals surface area contributed by atoms with Gasteiger partial charge in [-0.15, -0.1) is 0 Å². The predicted octanol–water partition coefficient (Wildman–Crippen LogP) is 0.235. The molecule has 1 unspecified atom stereocenters. The van der Waals surface area contributed by atoms with Crippen molar-refractivity contribution in [1.82, 2.24) is 10.2 Å². The molecule has 0 bridgehead atoms. The summed E-state index contributed by atoms with van der Waals surface area (Å²) in [7, 11) is 0. The van der Waals surface area contributed by atoms with E-state index in [4.69, 9.17) is 4.74 Å². The zero-order valence-corrected chi connectivity index (χ0v) is 9.71. The summed E-state index contributed by atoms with van der Waals surface area (Å²) in [4.78, 5) is 14.1.